The number of nitrogens with zero attached hydrogens (tertiary/aromatic N) is 2. The maximum atomic E-state index is 12.8. The van der Waals surface area contributed by atoms with Gasteiger partial charge in [-0.3, -0.25) is 4.79 Å². The van der Waals surface area contributed by atoms with Crippen molar-refractivity contribution >= 4 is 23.4 Å². The van der Waals surface area contributed by atoms with Crippen LogP contribution in [0.3, 0.4) is 0 Å². The van der Waals surface area contributed by atoms with Gasteiger partial charge < -0.3 is 10.1 Å². The third-order valence-electron chi connectivity index (χ3n) is 4.48. The fourth-order valence-electron chi connectivity index (χ4n) is 3.20. The number of hydrogen-bond acceptors (Lipinski definition) is 4. The molecule has 1 fully saturated rings. The Labute approximate surface area is 129 Å². The topological polar surface area (TPSA) is 52.9 Å². The predicted octanol–water partition coefficient (Wildman–Crippen LogP) is 2.96. The van der Waals surface area contributed by atoms with Crippen LogP contribution in [-0.4, -0.2) is 40.6 Å². The van der Waals surface area contributed by atoms with E-state index < -0.39 is 0 Å². The number of hydrogen-bond donors (Lipinski definition) is 1. The molecule has 112 valence electrons. The number of carbonyl (C=O) groups excluding carboxylic acids is 1. The largest absolute Gasteiger partial charge is 0.411 e. The van der Waals surface area contributed by atoms with Gasteiger partial charge in [-0.1, -0.05) is 30.3 Å². The monoisotopic (exact) mass is 304 g/mol. The van der Waals surface area contributed by atoms with Crippen LogP contribution in [0, 0.1) is 5.92 Å². The summed E-state index contributed by atoms with van der Waals surface area (Å²) in [5, 5.41) is 12.4. The van der Waals surface area contributed by atoms with Crippen molar-refractivity contribution in [1.29, 1.82) is 0 Å². The highest BCUT2D eigenvalue weighted by atomic mass is 32.2. The van der Waals surface area contributed by atoms with E-state index in [2.05, 4.69) is 24.2 Å². The summed E-state index contributed by atoms with van der Waals surface area (Å²) >= 11 is 1.77. The molecular weight excluding hydrogens is 284 g/mol. The van der Waals surface area contributed by atoms with Crippen LogP contribution in [0.5, 0.6) is 0 Å². The van der Waals surface area contributed by atoms with Crippen LogP contribution in [0.4, 0.5) is 0 Å². The second-order valence-electron chi connectivity index (χ2n) is 5.63. The summed E-state index contributed by atoms with van der Waals surface area (Å²) < 4.78 is 0. The molecule has 1 aromatic rings. The van der Waals surface area contributed by atoms with Gasteiger partial charge in [0.1, 0.15) is 0 Å². The lowest BCUT2D eigenvalue weighted by Crippen LogP contribution is -2.46. The molecule has 2 unspecified atom stereocenters. The summed E-state index contributed by atoms with van der Waals surface area (Å²) in [6.45, 7) is 3.42. The summed E-state index contributed by atoms with van der Waals surface area (Å²) in [6.07, 6.45) is 1.58. The Hall–Kier alpha value is -1.49. The molecule has 4 nitrogen and oxygen atoms in total. The summed E-state index contributed by atoms with van der Waals surface area (Å²) in [4.78, 5) is 16.0. The number of oxime groups is 1. The Morgan fingerprint density at radius 2 is 2.29 bits per heavy atom. The lowest BCUT2D eigenvalue weighted by molar-refractivity contribution is -0.133. The fraction of sp³-hybridized carbons (Fsp3) is 0.500. The van der Waals surface area contributed by atoms with Crippen molar-refractivity contribution in [2.75, 3.05) is 18.8 Å². The van der Waals surface area contributed by atoms with Gasteiger partial charge in [-0.15, -0.1) is 11.8 Å². The molecule has 0 saturated carbocycles. The summed E-state index contributed by atoms with van der Waals surface area (Å²) in [7, 11) is 0. The van der Waals surface area contributed by atoms with Gasteiger partial charge in [0.05, 0.1) is 11.6 Å². The molecule has 0 aromatic heterocycles. The molecule has 1 amide bonds. The van der Waals surface area contributed by atoms with Crippen molar-refractivity contribution in [2.24, 2.45) is 11.1 Å². The molecule has 0 aliphatic carbocycles. The fourth-order valence-corrected chi connectivity index (χ4v) is 4.42. The van der Waals surface area contributed by atoms with E-state index in [0.29, 0.717) is 19.5 Å². The average molecular weight is 304 g/mol. The van der Waals surface area contributed by atoms with E-state index in [1.165, 1.54) is 10.5 Å². The van der Waals surface area contributed by atoms with E-state index in [-0.39, 0.29) is 17.7 Å². The summed E-state index contributed by atoms with van der Waals surface area (Å²) in [5.41, 5.74) is 2.00. The van der Waals surface area contributed by atoms with Gasteiger partial charge in [-0.05, 0) is 18.1 Å². The van der Waals surface area contributed by atoms with Crippen molar-refractivity contribution < 1.29 is 10.0 Å². The minimum absolute atomic E-state index is 0.0173. The average Bonchev–Trinajstić information content (AvgIpc) is 2.97. The number of carbonyl (C=O) groups is 1. The lowest BCUT2D eigenvalue weighted by Gasteiger charge is -2.34. The Balaban J connectivity index is 1.75. The number of thioether (sulfide) groups is 1. The third-order valence-corrected chi connectivity index (χ3v) is 5.66. The predicted molar refractivity (Wildman–Crippen MR) is 84.1 cm³/mol. The first-order valence-corrected chi connectivity index (χ1v) is 8.44. The highest BCUT2D eigenvalue weighted by Gasteiger charge is 2.35. The Bertz CT molecular complexity index is 573. The van der Waals surface area contributed by atoms with E-state index in [1.807, 2.05) is 17.0 Å². The summed E-state index contributed by atoms with van der Waals surface area (Å²) in [6, 6.07) is 8.19. The van der Waals surface area contributed by atoms with Crippen LogP contribution in [0.2, 0.25) is 0 Å². The van der Waals surface area contributed by atoms with Crippen LogP contribution in [0.25, 0.3) is 0 Å². The van der Waals surface area contributed by atoms with E-state index in [9.17, 15) is 4.79 Å². The maximum absolute atomic E-state index is 12.8. The standard InChI is InChI=1S/C16H20N2O2S/c1-2-11-9-18(8-7-14(11)17-20)16(19)13-10-21-15-6-4-3-5-12(13)15/h3-6,11,13,20H,2,7-10H2,1H3/b17-14+. The van der Waals surface area contributed by atoms with Crippen LogP contribution < -0.4 is 0 Å². The highest BCUT2D eigenvalue weighted by Crippen LogP contribution is 2.40. The Morgan fingerprint density at radius 3 is 3.05 bits per heavy atom. The smallest absolute Gasteiger partial charge is 0.231 e. The van der Waals surface area contributed by atoms with Crippen molar-refractivity contribution in [3.8, 4) is 0 Å². The van der Waals surface area contributed by atoms with Crippen LogP contribution in [-0.2, 0) is 4.79 Å². The number of rotatable bonds is 2. The normalized spacial score (nSPS) is 26.9. The first kappa shape index (κ1) is 14.4. The second-order valence-corrected chi connectivity index (χ2v) is 6.69. The molecule has 2 aliphatic heterocycles. The van der Waals surface area contributed by atoms with Crippen molar-refractivity contribution in [3.63, 3.8) is 0 Å². The molecule has 0 radical (unpaired) electrons. The SMILES string of the molecule is CCC1CN(C(=O)C2CSc3ccccc32)CC/C1=N\O. The Morgan fingerprint density at radius 1 is 1.48 bits per heavy atom. The first-order valence-electron chi connectivity index (χ1n) is 7.46. The molecule has 5 heteroatoms. The molecule has 1 saturated heterocycles. The number of piperidine rings is 1. The van der Waals surface area contributed by atoms with Crippen LogP contribution in [0.1, 0.15) is 31.2 Å². The lowest BCUT2D eigenvalue weighted by atomic mass is 9.91. The summed E-state index contributed by atoms with van der Waals surface area (Å²) in [5.74, 6) is 1.24. The molecule has 2 heterocycles. The van der Waals surface area contributed by atoms with E-state index in [4.69, 9.17) is 5.21 Å². The molecular formula is C16H20N2O2S. The highest BCUT2D eigenvalue weighted by molar-refractivity contribution is 7.99. The first-order chi connectivity index (χ1) is 10.2. The van der Waals surface area contributed by atoms with Crippen molar-refractivity contribution in [2.45, 2.75) is 30.6 Å². The van der Waals surface area contributed by atoms with Crippen LogP contribution in [0.15, 0.2) is 34.3 Å². The van der Waals surface area contributed by atoms with Gasteiger partial charge >= 0.3 is 0 Å². The molecule has 1 N–H and O–H groups in total. The van der Waals surface area contributed by atoms with Crippen molar-refractivity contribution in [1.82, 2.24) is 4.90 Å². The number of amides is 1. The Kier molecular flexibility index (Phi) is 4.19. The van der Waals surface area contributed by atoms with Gasteiger partial charge in [0, 0.05) is 36.1 Å². The number of fused-ring (bicyclic) bond motifs is 1. The quantitative estimate of drug-likeness (QED) is 0.675. The maximum Gasteiger partial charge on any atom is 0.231 e. The van der Waals surface area contributed by atoms with E-state index in [1.54, 1.807) is 11.8 Å². The van der Waals surface area contributed by atoms with Gasteiger partial charge in [0.2, 0.25) is 5.91 Å². The van der Waals surface area contributed by atoms with Gasteiger partial charge in [-0.2, -0.15) is 0 Å². The van der Waals surface area contributed by atoms with Crippen molar-refractivity contribution in [3.05, 3.63) is 29.8 Å². The zero-order valence-electron chi connectivity index (χ0n) is 12.2. The van der Waals surface area contributed by atoms with Gasteiger partial charge in [-0.25, -0.2) is 0 Å². The van der Waals surface area contributed by atoms with Crippen LogP contribution >= 0.6 is 11.8 Å². The third kappa shape index (κ3) is 2.67. The van der Waals surface area contributed by atoms with Gasteiger partial charge in [0.15, 0.2) is 0 Å². The van der Waals surface area contributed by atoms with Gasteiger partial charge in [0.25, 0.3) is 0 Å². The van der Waals surface area contributed by atoms with E-state index in [0.717, 1.165) is 17.9 Å². The van der Waals surface area contributed by atoms with E-state index >= 15 is 0 Å². The number of benzene rings is 1. The zero-order chi connectivity index (χ0) is 14.8. The minimum atomic E-state index is -0.0173. The minimum Gasteiger partial charge on any atom is -0.411 e. The molecule has 0 spiro atoms. The molecule has 2 atom stereocenters. The molecule has 3 rings (SSSR count). The molecule has 1 aromatic carbocycles. The second kappa shape index (κ2) is 6.10. The zero-order valence-corrected chi connectivity index (χ0v) is 13.0. The molecule has 0 bridgehead atoms. The molecule has 21 heavy (non-hydrogen) atoms. The molecule has 2 aliphatic rings. The number of likely N-dealkylation sites (tertiary alicyclic amines) is 1.